The molecule has 2 aromatic rings. The van der Waals surface area contributed by atoms with Crippen LogP contribution in [0.3, 0.4) is 0 Å². The van der Waals surface area contributed by atoms with E-state index in [-0.39, 0.29) is 5.97 Å². The van der Waals surface area contributed by atoms with Gasteiger partial charge in [-0.3, -0.25) is 0 Å². The van der Waals surface area contributed by atoms with E-state index in [4.69, 9.17) is 28.6 Å². The number of methoxy groups -OCH3 is 1. The standard InChI is InChI=1S/C17H17ClN2O2S2/c1-22-16(21)12-3-2-4-14(11-12)20-17(23)19-9-10-24-15-7-5-13(18)6-8-15/h2-8,11H,9-10H2,1H3,(H2,19,20,23). The number of ether oxygens (including phenoxy) is 1. The highest BCUT2D eigenvalue weighted by Gasteiger charge is 2.06. The number of carbonyl (C=O) groups excluding carboxylic acids is 1. The van der Waals surface area contributed by atoms with Gasteiger partial charge in [0.25, 0.3) is 0 Å². The molecule has 7 heteroatoms. The molecule has 2 rings (SSSR count). The minimum atomic E-state index is -0.378. The molecule has 0 aliphatic rings. The van der Waals surface area contributed by atoms with Crippen LogP contribution in [-0.2, 0) is 4.74 Å². The Morgan fingerprint density at radius 1 is 1.25 bits per heavy atom. The summed E-state index contributed by atoms with van der Waals surface area (Å²) in [5.74, 6) is 0.489. The third-order valence-electron chi connectivity index (χ3n) is 3.01. The second-order valence-corrected chi connectivity index (χ2v) is 6.77. The molecule has 2 N–H and O–H groups in total. The first-order chi connectivity index (χ1) is 11.6. The lowest BCUT2D eigenvalue weighted by Gasteiger charge is -2.11. The highest BCUT2D eigenvalue weighted by molar-refractivity contribution is 7.99. The summed E-state index contributed by atoms with van der Waals surface area (Å²) in [4.78, 5) is 12.7. The minimum absolute atomic E-state index is 0.378. The molecule has 0 spiro atoms. The monoisotopic (exact) mass is 380 g/mol. The van der Waals surface area contributed by atoms with Crippen molar-refractivity contribution in [2.75, 3.05) is 24.7 Å². The zero-order chi connectivity index (χ0) is 17.4. The number of anilines is 1. The molecule has 2 aromatic carbocycles. The maximum absolute atomic E-state index is 11.5. The maximum Gasteiger partial charge on any atom is 0.337 e. The average Bonchev–Trinajstić information content (AvgIpc) is 2.60. The molecule has 0 amide bonds. The molecule has 0 atom stereocenters. The van der Waals surface area contributed by atoms with E-state index >= 15 is 0 Å². The van der Waals surface area contributed by atoms with Crippen molar-refractivity contribution < 1.29 is 9.53 Å². The number of carbonyl (C=O) groups is 1. The molecular weight excluding hydrogens is 364 g/mol. The number of esters is 1. The van der Waals surface area contributed by atoms with E-state index in [1.165, 1.54) is 7.11 Å². The lowest BCUT2D eigenvalue weighted by molar-refractivity contribution is 0.0601. The maximum atomic E-state index is 11.5. The molecule has 0 fully saturated rings. The van der Waals surface area contributed by atoms with Crippen LogP contribution in [0.5, 0.6) is 0 Å². The Labute approximate surface area is 155 Å². The Morgan fingerprint density at radius 3 is 2.71 bits per heavy atom. The quantitative estimate of drug-likeness (QED) is 0.339. The van der Waals surface area contributed by atoms with Gasteiger partial charge in [0.1, 0.15) is 0 Å². The fourth-order valence-electron chi connectivity index (χ4n) is 1.88. The van der Waals surface area contributed by atoms with Crippen LogP contribution in [0.15, 0.2) is 53.4 Å². The second-order valence-electron chi connectivity index (χ2n) is 4.76. The van der Waals surface area contributed by atoms with Gasteiger partial charge in [-0.05, 0) is 54.7 Å². The molecule has 0 saturated heterocycles. The Kier molecular flexibility index (Phi) is 7.36. The van der Waals surface area contributed by atoms with Crippen LogP contribution < -0.4 is 10.6 Å². The predicted molar refractivity (Wildman–Crippen MR) is 104 cm³/mol. The van der Waals surface area contributed by atoms with Gasteiger partial charge in [-0.1, -0.05) is 17.7 Å². The highest BCUT2D eigenvalue weighted by atomic mass is 35.5. The van der Waals surface area contributed by atoms with Gasteiger partial charge in [-0.15, -0.1) is 11.8 Å². The first kappa shape index (κ1) is 18.6. The molecule has 0 aromatic heterocycles. The molecule has 0 aliphatic heterocycles. The van der Waals surface area contributed by atoms with Gasteiger partial charge in [-0.2, -0.15) is 0 Å². The van der Waals surface area contributed by atoms with E-state index in [1.807, 2.05) is 30.3 Å². The van der Waals surface area contributed by atoms with E-state index < -0.39 is 0 Å². The predicted octanol–water partition coefficient (Wildman–Crippen LogP) is 4.21. The van der Waals surface area contributed by atoms with Crippen LogP contribution in [0.1, 0.15) is 10.4 Å². The first-order valence-corrected chi connectivity index (χ1v) is 8.97. The number of thiocarbonyl (C=S) groups is 1. The number of hydrogen-bond donors (Lipinski definition) is 2. The molecule has 126 valence electrons. The second kappa shape index (κ2) is 9.52. The highest BCUT2D eigenvalue weighted by Crippen LogP contribution is 2.19. The molecule has 0 radical (unpaired) electrons. The van der Waals surface area contributed by atoms with Crippen LogP contribution in [0.4, 0.5) is 5.69 Å². The zero-order valence-electron chi connectivity index (χ0n) is 13.0. The zero-order valence-corrected chi connectivity index (χ0v) is 15.4. The smallest absolute Gasteiger partial charge is 0.337 e. The van der Waals surface area contributed by atoms with Crippen molar-refractivity contribution in [3.8, 4) is 0 Å². The third kappa shape index (κ3) is 6.03. The molecule has 0 unspecified atom stereocenters. The van der Waals surface area contributed by atoms with Gasteiger partial charge in [0.2, 0.25) is 0 Å². The topological polar surface area (TPSA) is 50.4 Å². The molecule has 4 nitrogen and oxygen atoms in total. The van der Waals surface area contributed by atoms with Crippen molar-refractivity contribution in [3.05, 3.63) is 59.1 Å². The van der Waals surface area contributed by atoms with Crippen molar-refractivity contribution in [1.29, 1.82) is 0 Å². The fourth-order valence-corrected chi connectivity index (χ4v) is 3.00. The van der Waals surface area contributed by atoms with Crippen molar-refractivity contribution >= 4 is 52.3 Å². The van der Waals surface area contributed by atoms with Gasteiger partial charge in [0, 0.05) is 27.9 Å². The normalized spacial score (nSPS) is 10.1. The molecule has 0 heterocycles. The Hall–Kier alpha value is -1.76. The number of rotatable bonds is 6. The van der Waals surface area contributed by atoms with Gasteiger partial charge >= 0.3 is 5.97 Å². The van der Waals surface area contributed by atoms with E-state index in [9.17, 15) is 4.79 Å². The van der Waals surface area contributed by atoms with E-state index in [1.54, 1.807) is 30.0 Å². The van der Waals surface area contributed by atoms with E-state index in [0.29, 0.717) is 10.7 Å². The molecule has 24 heavy (non-hydrogen) atoms. The Bertz CT molecular complexity index is 708. The summed E-state index contributed by atoms with van der Waals surface area (Å²) < 4.78 is 4.70. The van der Waals surface area contributed by atoms with E-state index in [2.05, 4.69) is 10.6 Å². The lowest BCUT2D eigenvalue weighted by Crippen LogP contribution is -2.30. The Balaban J connectivity index is 1.75. The number of nitrogens with one attached hydrogen (secondary N) is 2. The summed E-state index contributed by atoms with van der Waals surface area (Å²) in [6.07, 6.45) is 0. The van der Waals surface area contributed by atoms with Crippen molar-refractivity contribution in [2.45, 2.75) is 4.90 Å². The summed E-state index contributed by atoms with van der Waals surface area (Å²) in [6.45, 7) is 0.718. The van der Waals surface area contributed by atoms with Gasteiger partial charge < -0.3 is 15.4 Å². The van der Waals surface area contributed by atoms with Crippen LogP contribution >= 0.6 is 35.6 Å². The lowest BCUT2D eigenvalue weighted by atomic mass is 10.2. The Morgan fingerprint density at radius 2 is 2.00 bits per heavy atom. The number of halogens is 1. The van der Waals surface area contributed by atoms with Crippen molar-refractivity contribution in [1.82, 2.24) is 5.32 Å². The number of thioether (sulfide) groups is 1. The van der Waals surface area contributed by atoms with Crippen LogP contribution in [-0.4, -0.2) is 30.5 Å². The summed E-state index contributed by atoms with van der Waals surface area (Å²) in [6, 6.07) is 14.7. The average molecular weight is 381 g/mol. The fraction of sp³-hybridized carbons (Fsp3) is 0.176. The molecular formula is C17H17ClN2O2S2. The number of benzene rings is 2. The van der Waals surface area contributed by atoms with Crippen molar-refractivity contribution in [2.24, 2.45) is 0 Å². The van der Waals surface area contributed by atoms with Gasteiger partial charge in [0.15, 0.2) is 5.11 Å². The minimum Gasteiger partial charge on any atom is -0.465 e. The SMILES string of the molecule is COC(=O)c1cccc(NC(=S)NCCSc2ccc(Cl)cc2)c1. The summed E-state index contributed by atoms with van der Waals surface area (Å²) in [5, 5.41) is 7.43. The van der Waals surface area contributed by atoms with Gasteiger partial charge in [0.05, 0.1) is 12.7 Å². The molecule has 0 aliphatic carbocycles. The summed E-state index contributed by atoms with van der Waals surface area (Å²) in [7, 11) is 1.35. The van der Waals surface area contributed by atoms with Crippen molar-refractivity contribution in [3.63, 3.8) is 0 Å². The number of hydrogen-bond acceptors (Lipinski definition) is 4. The van der Waals surface area contributed by atoms with Crippen LogP contribution in [0, 0.1) is 0 Å². The summed E-state index contributed by atoms with van der Waals surface area (Å²) >= 11 is 12.8. The van der Waals surface area contributed by atoms with Crippen LogP contribution in [0.2, 0.25) is 5.02 Å². The first-order valence-electron chi connectivity index (χ1n) is 7.20. The van der Waals surface area contributed by atoms with Gasteiger partial charge in [-0.25, -0.2) is 4.79 Å². The van der Waals surface area contributed by atoms with E-state index in [0.717, 1.165) is 27.9 Å². The summed E-state index contributed by atoms with van der Waals surface area (Å²) in [5.41, 5.74) is 1.21. The molecule has 0 saturated carbocycles. The third-order valence-corrected chi connectivity index (χ3v) is 4.52. The molecule has 0 bridgehead atoms. The largest absolute Gasteiger partial charge is 0.465 e. The van der Waals surface area contributed by atoms with Crippen LogP contribution in [0.25, 0.3) is 0 Å².